The Morgan fingerprint density at radius 1 is 1.22 bits per heavy atom. The molecule has 0 spiro atoms. The molecule has 1 saturated heterocycles. The van der Waals surface area contributed by atoms with E-state index in [1.807, 2.05) is 30.3 Å². The fourth-order valence-electron chi connectivity index (χ4n) is 3.14. The van der Waals surface area contributed by atoms with E-state index in [0.29, 0.717) is 25.6 Å². The second-order valence-electron chi connectivity index (χ2n) is 6.12. The lowest BCUT2D eigenvalue weighted by atomic mass is 10.2. The smallest absolute Gasteiger partial charge is 0.414 e. The minimum absolute atomic E-state index is 0.124. The molecule has 1 aromatic rings. The Hall–Kier alpha value is -2.24. The van der Waals surface area contributed by atoms with Gasteiger partial charge in [0.05, 0.1) is 6.54 Å². The van der Waals surface area contributed by atoms with E-state index in [1.165, 1.54) is 12.8 Å². The van der Waals surface area contributed by atoms with Gasteiger partial charge >= 0.3 is 12.1 Å². The number of amides is 3. The molecule has 124 valence electrons. The molecular weight excluding hydrogens is 294 g/mol. The number of hydrogen-bond acceptors (Lipinski definition) is 3. The Bertz CT molecular complexity index is 543. The molecule has 1 aliphatic heterocycles. The fourth-order valence-corrected chi connectivity index (χ4v) is 3.14. The summed E-state index contributed by atoms with van der Waals surface area (Å²) in [6.07, 6.45) is 4.63. The maximum Gasteiger partial charge on any atom is 0.414 e. The van der Waals surface area contributed by atoms with Gasteiger partial charge in [-0.3, -0.25) is 4.90 Å². The van der Waals surface area contributed by atoms with Crippen LogP contribution in [-0.2, 0) is 4.74 Å². The summed E-state index contributed by atoms with van der Waals surface area (Å²) < 4.78 is 5.36. The van der Waals surface area contributed by atoms with Crippen molar-refractivity contribution in [3.8, 4) is 0 Å². The van der Waals surface area contributed by atoms with E-state index >= 15 is 0 Å². The summed E-state index contributed by atoms with van der Waals surface area (Å²) >= 11 is 0. The average Bonchev–Trinajstić information content (AvgIpc) is 3.18. The van der Waals surface area contributed by atoms with Crippen LogP contribution >= 0.6 is 0 Å². The normalized spacial score (nSPS) is 21.3. The van der Waals surface area contributed by atoms with Crippen LogP contribution in [0.3, 0.4) is 0 Å². The van der Waals surface area contributed by atoms with E-state index in [1.54, 1.807) is 4.90 Å². The largest absolute Gasteiger partial charge is 0.444 e. The highest BCUT2D eigenvalue weighted by Gasteiger charge is 2.31. The van der Waals surface area contributed by atoms with Crippen molar-refractivity contribution in [2.24, 2.45) is 0 Å². The maximum absolute atomic E-state index is 11.9. The molecule has 2 aliphatic rings. The fraction of sp³-hybridized carbons (Fsp3) is 0.529. The number of urea groups is 1. The number of cyclic esters (lactones) is 1. The van der Waals surface area contributed by atoms with Crippen molar-refractivity contribution in [1.82, 2.24) is 10.6 Å². The zero-order valence-electron chi connectivity index (χ0n) is 13.2. The first-order valence-electron chi connectivity index (χ1n) is 8.30. The standard InChI is InChI=1S/C17H23N3O3/c21-16(19-13-6-4-5-7-13)18-11-10-15-12-20(17(22)23-15)14-8-2-1-3-9-14/h1-3,8-9,13,15H,4-7,10-12H2,(H2,18,19,21). The zero-order valence-corrected chi connectivity index (χ0v) is 13.2. The number of rotatable bonds is 5. The highest BCUT2D eigenvalue weighted by atomic mass is 16.6. The second-order valence-corrected chi connectivity index (χ2v) is 6.12. The summed E-state index contributed by atoms with van der Waals surface area (Å²) in [5, 5.41) is 5.83. The van der Waals surface area contributed by atoms with Crippen LogP contribution in [0.1, 0.15) is 32.1 Å². The van der Waals surface area contributed by atoms with E-state index in [9.17, 15) is 9.59 Å². The van der Waals surface area contributed by atoms with E-state index in [0.717, 1.165) is 18.5 Å². The summed E-state index contributed by atoms with van der Waals surface area (Å²) in [7, 11) is 0. The molecule has 1 saturated carbocycles. The van der Waals surface area contributed by atoms with Crippen LogP contribution in [0.2, 0.25) is 0 Å². The minimum Gasteiger partial charge on any atom is -0.444 e. The Labute approximate surface area is 136 Å². The molecule has 6 heteroatoms. The molecule has 6 nitrogen and oxygen atoms in total. The van der Waals surface area contributed by atoms with Crippen molar-refractivity contribution >= 4 is 17.8 Å². The highest BCUT2D eigenvalue weighted by Crippen LogP contribution is 2.22. The van der Waals surface area contributed by atoms with Gasteiger partial charge in [0, 0.05) is 24.7 Å². The molecule has 1 aromatic carbocycles. The summed E-state index contributed by atoms with van der Waals surface area (Å²) in [4.78, 5) is 25.3. The van der Waals surface area contributed by atoms with Crippen LogP contribution < -0.4 is 15.5 Å². The molecule has 1 unspecified atom stereocenters. The number of benzene rings is 1. The monoisotopic (exact) mass is 317 g/mol. The average molecular weight is 317 g/mol. The number of nitrogens with one attached hydrogen (secondary N) is 2. The molecule has 3 amide bonds. The first kappa shape index (κ1) is 15.6. The zero-order chi connectivity index (χ0) is 16.1. The molecule has 2 N–H and O–H groups in total. The third-order valence-corrected chi connectivity index (χ3v) is 4.38. The van der Waals surface area contributed by atoms with Gasteiger partial charge in [-0.05, 0) is 25.0 Å². The Kier molecular flexibility index (Phi) is 5.00. The van der Waals surface area contributed by atoms with E-state index in [4.69, 9.17) is 4.74 Å². The number of carbonyl (C=O) groups is 2. The molecule has 1 aliphatic carbocycles. The third kappa shape index (κ3) is 4.15. The van der Waals surface area contributed by atoms with Crippen molar-refractivity contribution < 1.29 is 14.3 Å². The van der Waals surface area contributed by atoms with Crippen LogP contribution in [0.25, 0.3) is 0 Å². The lowest BCUT2D eigenvalue weighted by Crippen LogP contribution is -2.41. The van der Waals surface area contributed by atoms with Gasteiger partial charge in [-0.1, -0.05) is 31.0 Å². The summed E-state index contributed by atoms with van der Waals surface area (Å²) in [6.45, 7) is 1.02. The second kappa shape index (κ2) is 7.35. The van der Waals surface area contributed by atoms with Gasteiger partial charge in [-0.25, -0.2) is 9.59 Å². The van der Waals surface area contributed by atoms with E-state index in [-0.39, 0.29) is 18.2 Å². The Morgan fingerprint density at radius 2 is 1.96 bits per heavy atom. The van der Waals surface area contributed by atoms with E-state index in [2.05, 4.69) is 10.6 Å². The lowest BCUT2D eigenvalue weighted by Gasteiger charge is -2.14. The Morgan fingerprint density at radius 3 is 2.70 bits per heavy atom. The summed E-state index contributed by atoms with van der Waals surface area (Å²) in [6, 6.07) is 9.66. The molecular formula is C17H23N3O3. The third-order valence-electron chi connectivity index (χ3n) is 4.38. The lowest BCUT2D eigenvalue weighted by molar-refractivity contribution is 0.137. The first-order chi connectivity index (χ1) is 11.2. The van der Waals surface area contributed by atoms with Crippen LogP contribution in [-0.4, -0.2) is 37.4 Å². The number of nitrogens with zero attached hydrogens (tertiary/aromatic N) is 1. The van der Waals surface area contributed by atoms with Gasteiger partial charge < -0.3 is 15.4 Å². The number of carbonyl (C=O) groups excluding carboxylic acids is 2. The Balaban J connectivity index is 1.39. The predicted molar refractivity (Wildman–Crippen MR) is 87.5 cm³/mol. The van der Waals surface area contributed by atoms with Gasteiger partial charge in [0.1, 0.15) is 6.10 Å². The van der Waals surface area contributed by atoms with Crippen molar-refractivity contribution in [3.05, 3.63) is 30.3 Å². The number of anilines is 1. The number of hydrogen-bond donors (Lipinski definition) is 2. The van der Waals surface area contributed by atoms with Crippen molar-refractivity contribution in [3.63, 3.8) is 0 Å². The van der Waals surface area contributed by atoms with Crippen molar-refractivity contribution in [2.75, 3.05) is 18.0 Å². The van der Waals surface area contributed by atoms with Crippen LogP contribution in [0.4, 0.5) is 15.3 Å². The van der Waals surface area contributed by atoms with Gasteiger partial charge in [-0.2, -0.15) is 0 Å². The number of ether oxygens (including phenoxy) is 1. The summed E-state index contributed by atoms with van der Waals surface area (Å²) in [5.41, 5.74) is 0.840. The van der Waals surface area contributed by atoms with Crippen molar-refractivity contribution in [1.29, 1.82) is 0 Å². The molecule has 3 rings (SSSR count). The first-order valence-corrected chi connectivity index (χ1v) is 8.30. The molecule has 0 aromatic heterocycles. The topological polar surface area (TPSA) is 70.7 Å². The van der Waals surface area contributed by atoms with Crippen molar-refractivity contribution in [2.45, 2.75) is 44.2 Å². The van der Waals surface area contributed by atoms with Gasteiger partial charge in [0.2, 0.25) is 0 Å². The van der Waals surface area contributed by atoms with E-state index < -0.39 is 0 Å². The van der Waals surface area contributed by atoms with Crippen LogP contribution in [0.5, 0.6) is 0 Å². The SMILES string of the molecule is O=C(NCCC1CN(c2ccccc2)C(=O)O1)NC1CCCC1. The van der Waals surface area contributed by atoms with Gasteiger partial charge in [0.25, 0.3) is 0 Å². The quantitative estimate of drug-likeness (QED) is 0.877. The predicted octanol–water partition coefficient (Wildman–Crippen LogP) is 2.64. The summed E-state index contributed by atoms with van der Waals surface area (Å²) in [5.74, 6) is 0. The van der Waals surface area contributed by atoms with Gasteiger partial charge in [-0.15, -0.1) is 0 Å². The highest BCUT2D eigenvalue weighted by molar-refractivity contribution is 5.89. The molecule has 2 fully saturated rings. The molecule has 0 radical (unpaired) electrons. The van der Waals surface area contributed by atoms with Crippen LogP contribution in [0, 0.1) is 0 Å². The molecule has 0 bridgehead atoms. The molecule has 1 heterocycles. The molecule has 23 heavy (non-hydrogen) atoms. The van der Waals surface area contributed by atoms with Gasteiger partial charge in [0.15, 0.2) is 0 Å². The number of para-hydroxylation sites is 1. The minimum atomic E-state index is -0.323. The maximum atomic E-state index is 11.9. The van der Waals surface area contributed by atoms with Crippen LogP contribution in [0.15, 0.2) is 30.3 Å². The molecule has 1 atom stereocenters.